The number of carbonyl (C=O) groups excluding carboxylic acids is 2. The van der Waals surface area contributed by atoms with Crippen LogP contribution in [0.15, 0.2) is 48.2 Å². The van der Waals surface area contributed by atoms with Crippen molar-refractivity contribution in [2.24, 2.45) is 0 Å². The molecule has 0 aliphatic carbocycles. The first-order valence-corrected chi connectivity index (χ1v) is 9.15. The number of imide groups is 1. The molecule has 7 nitrogen and oxygen atoms in total. The second-order valence-electron chi connectivity index (χ2n) is 6.57. The van der Waals surface area contributed by atoms with E-state index in [0.717, 1.165) is 11.3 Å². The van der Waals surface area contributed by atoms with E-state index in [2.05, 4.69) is 5.32 Å². The smallest absolute Gasteiger partial charge is 0.278 e. The SMILES string of the molecule is COCCN1C(=O)C(Nc2ccc(C)cc2)=C(c2ccc(OC)c(OC)c2)C1=O. The molecule has 0 radical (unpaired) electrons. The van der Waals surface area contributed by atoms with E-state index in [4.69, 9.17) is 14.2 Å². The molecule has 2 aromatic carbocycles. The number of nitrogens with zero attached hydrogens (tertiary/aromatic N) is 1. The minimum Gasteiger partial charge on any atom is -0.493 e. The van der Waals surface area contributed by atoms with E-state index in [9.17, 15) is 9.59 Å². The summed E-state index contributed by atoms with van der Waals surface area (Å²) < 4.78 is 15.7. The number of rotatable bonds is 8. The van der Waals surface area contributed by atoms with Crippen molar-refractivity contribution in [2.75, 3.05) is 39.8 Å². The normalized spacial score (nSPS) is 13.9. The average Bonchev–Trinajstić information content (AvgIpc) is 2.96. The molecule has 0 unspecified atom stereocenters. The topological polar surface area (TPSA) is 77.1 Å². The summed E-state index contributed by atoms with van der Waals surface area (Å²) in [6.07, 6.45) is 0. The van der Waals surface area contributed by atoms with Crippen molar-refractivity contribution in [1.29, 1.82) is 0 Å². The van der Waals surface area contributed by atoms with Gasteiger partial charge in [0.25, 0.3) is 11.8 Å². The zero-order chi connectivity index (χ0) is 21.0. The number of nitrogens with one attached hydrogen (secondary N) is 1. The van der Waals surface area contributed by atoms with Crippen molar-refractivity contribution in [3.63, 3.8) is 0 Å². The summed E-state index contributed by atoms with van der Waals surface area (Å²) in [5.74, 6) is 0.243. The van der Waals surface area contributed by atoms with Crippen LogP contribution in [0, 0.1) is 6.92 Å². The molecule has 0 saturated carbocycles. The fraction of sp³-hybridized carbons (Fsp3) is 0.273. The Hall–Kier alpha value is -3.32. The Bertz CT molecular complexity index is 950. The van der Waals surface area contributed by atoms with Crippen molar-refractivity contribution in [3.8, 4) is 11.5 Å². The Morgan fingerprint density at radius 1 is 0.897 bits per heavy atom. The summed E-state index contributed by atoms with van der Waals surface area (Å²) in [5, 5.41) is 3.12. The van der Waals surface area contributed by atoms with E-state index >= 15 is 0 Å². The van der Waals surface area contributed by atoms with Gasteiger partial charge in [-0.2, -0.15) is 0 Å². The van der Waals surface area contributed by atoms with Gasteiger partial charge >= 0.3 is 0 Å². The quantitative estimate of drug-likeness (QED) is 0.692. The fourth-order valence-corrected chi connectivity index (χ4v) is 3.12. The Morgan fingerprint density at radius 2 is 1.59 bits per heavy atom. The number of carbonyl (C=O) groups is 2. The molecule has 152 valence electrons. The minimum absolute atomic E-state index is 0.171. The third-order valence-electron chi connectivity index (χ3n) is 4.68. The lowest BCUT2D eigenvalue weighted by Gasteiger charge is -2.14. The molecule has 1 heterocycles. The summed E-state index contributed by atoms with van der Waals surface area (Å²) in [4.78, 5) is 27.3. The van der Waals surface area contributed by atoms with Gasteiger partial charge in [0.05, 0.1) is 32.9 Å². The van der Waals surface area contributed by atoms with Gasteiger partial charge in [0.2, 0.25) is 0 Å². The number of ether oxygens (including phenoxy) is 3. The predicted molar refractivity (Wildman–Crippen MR) is 110 cm³/mol. The van der Waals surface area contributed by atoms with Gasteiger partial charge < -0.3 is 19.5 Å². The van der Waals surface area contributed by atoms with Crippen LogP contribution in [0.5, 0.6) is 11.5 Å². The molecule has 2 amide bonds. The van der Waals surface area contributed by atoms with E-state index in [1.807, 2.05) is 31.2 Å². The summed E-state index contributed by atoms with van der Waals surface area (Å²) in [7, 11) is 4.59. The molecule has 29 heavy (non-hydrogen) atoms. The van der Waals surface area contributed by atoms with E-state index in [1.165, 1.54) is 26.2 Å². The first kappa shape index (κ1) is 20.4. The van der Waals surface area contributed by atoms with Crippen molar-refractivity contribution in [2.45, 2.75) is 6.92 Å². The second kappa shape index (κ2) is 8.79. The first-order chi connectivity index (χ1) is 14.0. The van der Waals surface area contributed by atoms with Gasteiger partial charge in [0, 0.05) is 12.8 Å². The monoisotopic (exact) mass is 396 g/mol. The molecule has 0 saturated heterocycles. The summed E-state index contributed by atoms with van der Waals surface area (Å²) >= 11 is 0. The largest absolute Gasteiger partial charge is 0.493 e. The van der Waals surface area contributed by atoms with Gasteiger partial charge in [-0.25, -0.2) is 0 Å². The predicted octanol–water partition coefficient (Wildman–Crippen LogP) is 2.85. The van der Waals surface area contributed by atoms with Crippen molar-refractivity contribution < 1.29 is 23.8 Å². The van der Waals surface area contributed by atoms with Gasteiger partial charge in [0.1, 0.15) is 5.70 Å². The summed E-state index contributed by atoms with van der Waals surface area (Å²) in [6.45, 7) is 2.41. The number of methoxy groups -OCH3 is 3. The van der Waals surface area contributed by atoms with Crippen molar-refractivity contribution in [3.05, 3.63) is 59.3 Å². The molecule has 0 fully saturated rings. The van der Waals surface area contributed by atoms with Crippen LogP contribution < -0.4 is 14.8 Å². The number of amides is 2. The van der Waals surface area contributed by atoms with Crippen LogP contribution >= 0.6 is 0 Å². The van der Waals surface area contributed by atoms with E-state index < -0.39 is 5.91 Å². The maximum Gasteiger partial charge on any atom is 0.278 e. The molecule has 2 aromatic rings. The van der Waals surface area contributed by atoms with Crippen LogP contribution in [-0.4, -0.2) is 51.2 Å². The summed E-state index contributed by atoms with van der Waals surface area (Å²) in [6, 6.07) is 12.7. The standard InChI is InChI=1S/C22H24N2O5/c1-14-5-8-16(9-6-14)23-20-19(21(25)24(22(20)26)11-12-27-2)15-7-10-17(28-3)18(13-15)29-4/h5-10,13,23H,11-12H2,1-4H3. The molecule has 0 bridgehead atoms. The minimum atomic E-state index is -0.391. The Labute approximate surface area is 169 Å². The third kappa shape index (κ3) is 4.09. The van der Waals surface area contributed by atoms with Gasteiger partial charge in [0.15, 0.2) is 11.5 Å². The highest BCUT2D eigenvalue weighted by molar-refractivity contribution is 6.36. The molecular formula is C22H24N2O5. The van der Waals surface area contributed by atoms with Crippen LogP contribution in [0.3, 0.4) is 0 Å². The molecule has 1 N–H and O–H groups in total. The second-order valence-corrected chi connectivity index (χ2v) is 6.57. The van der Waals surface area contributed by atoms with Crippen molar-refractivity contribution >= 4 is 23.1 Å². The first-order valence-electron chi connectivity index (χ1n) is 9.15. The zero-order valence-corrected chi connectivity index (χ0v) is 16.9. The van der Waals surface area contributed by atoms with Crippen molar-refractivity contribution in [1.82, 2.24) is 4.90 Å². The lowest BCUT2D eigenvalue weighted by molar-refractivity contribution is -0.137. The van der Waals surface area contributed by atoms with Gasteiger partial charge in [-0.05, 0) is 36.8 Å². The molecule has 7 heteroatoms. The molecule has 1 aliphatic heterocycles. The van der Waals surface area contributed by atoms with E-state index in [0.29, 0.717) is 17.1 Å². The molecule has 0 atom stereocenters. The molecular weight excluding hydrogens is 372 g/mol. The molecule has 1 aliphatic rings. The van der Waals surface area contributed by atoms with Crippen LogP contribution in [0.25, 0.3) is 5.57 Å². The number of hydrogen-bond donors (Lipinski definition) is 1. The van der Waals surface area contributed by atoms with Gasteiger partial charge in [-0.1, -0.05) is 23.8 Å². The highest BCUT2D eigenvalue weighted by Gasteiger charge is 2.39. The molecule has 0 aromatic heterocycles. The van der Waals surface area contributed by atoms with E-state index in [-0.39, 0.29) is 30.3 Å². The fourth-order valence-electron chi connectivity index (χ4n) is 3.12. The lowest BCUT2D eigenvalue weighted by Crippen LogP contribution is -2.35. The average molecular weight is 396 g/mol. The van der Waals surface area contributed by atoms with Gasteiger partial charge in [-0.15, -0.1) is 0 Å². The number of aryl methyl sites for hydroxylation is 1. The maximum absolute atomic E-state index is 13.1. The Morgan fingerprint density at radius 3 is 2.21 bits per heavy atom. The number of benzene rings is 2. The van der Waals surface area contributed by atoms with Crippen LogP contribution in [0.4, 0.5) is 5.69 Å². The van der Waals surface area contributed by atoms with Crippen LogP contribution in [-0.2, 0) is 14.3 Å². The maximum atomic E-state index is 13.1. The molecule has 0 spiro atoms. The molecule has 3 rings (SSSR count). The number of hydrogen-bond acceptors (Lipinski definition) is 6. The Kier molecular flexibility index (Phi) is 6.19. The lowest BCUT2D eigenvalue weighted by atomic mass is 10.0. The highest BCUT2D eigenvalue weighted by Crippen LogP contribution is 2.35. The Balaban J connectivity index is 2.07. The zero-order valence-electron chi connectivity index (χ0n) is 16.9. The van der Waals surface area contributed by atoms with E-state index in [1.54, 1.807) is 18.2 Å². The summed E-state index contributed by atoms with van der Waals surface area (Å²) in [5.41, 5.74) is 2.89. The van der Waals surface area contributed by atoms with Crippen LogP contribution in [0.1, 0.15) is 11.1 Å². The van der Waals surface area contributed by atoms with Gasteiger partial charge in [-0.3, -0.25) is 14.5 Å². The van der Waals surface area contributed by atoms with Crippen LogP contribution in [0.2, 0.25) is 0 Å². The third-order valence-corrected chi connectivity index (χ3v) is 4.68. The number of anilines is 1. The highest BCUT2D eigenvalue weighted by atomic mass is 16.5.